The molecule has 124 valence electrons. The van der Waals surface area contributed by atoms with Crippen LogP contribution >= 0.6 is 0 Å². The Morgan fingerprint density at radius 3 is 2.65 bits per heavy atom. The third-order valence-corrected chi connectivity index (χ3v) is 3.70. The maximum Gasteiger partial charge on any atom is 0.254 e. The minimum absolute atomic E-state index is 0.0328. The summed E-state index contributed by atoms with van der Waals surface area (Å²) in [5.74, 6) is -0.0328. The molecule has 23 heavy (non-hydrogen) atoms. The van der Waals surface area contributed by atoms with Crippen LogP contribution in [0.2, 0.25) is 0 Å². The van der Waals surface area contributed by atoms with Crippen LogP contribution in [0.1, 0.15) is 35.0 Å². The number of carbonyl (C=O) groups is 1. The summed E-state index contributed by atoms with van der Waals surface area (Å²) in [6.07, 6.45) is 3.53. The van der Waals surface area contributed by atoms with E-state index in [4.69, 9.17) is 0 Å². The number of hydrogen-bond donors (Lipinski definition) is 1. The molecule has 0 bridgehead atoms. The summed E-state index contributed by atoms with van der Waals surface area (Å²) in [6, 6.07) is 10.2. The quantitative estimate of drug-likeness (QED) is 0.812. The Kier molecular flexibility index (Phi) is 6.35. The summed E-state index contributed by atoms with van der Waals surface area (Å²) >= 11 is 0. The molecule has 0 radical (unpaired) electrons. The fourth-order valence-corrected chi connectivity index (χ4v) is 2.48. The lowest BCUT2D eigenvalue weighted by Gasteiger charge is -2.11. The first kappa shape index (κ1) is 17.2. The summed E-state index contributed by atoms with van der Waals surface area (Å²) in [5.41, 5.74) is 2.90. The van der Waals surface area contributed by atoms with E-state index in [1.165, 1.54) is 5.56 Å². The van der Waals surface area contributed by atoms with E-state index in [1.54, 1.807) is 6.20 Å². The molecule has 1 aromatic carbocycles. The number of aromatic nitrogens is 2. The normalized spacial score (nSPS) is 11.0. The molecule has 1 N–H and O–H groups in total. The molecule has 5 nitrogen and oxygen atoms in total. The number of carbonyl (C=O) groups excluding carboxylic acids is 1. The van der Waals surface area contributed by atoms with Crippen LogP contribution in [0.5, 0.6) is 0 Å². The van der Waals surface area contributed by atoms with E-state index in [2.05, 4.69) is 29.5 Å². The van der Waals surface area contributed by atoms with Crippen LogP contribution in [0.25, 0.3) is 0 Å². The third-order valence-electron chi connectivity index (χ3n) is 3.70. The molecule has 1 heterocycles. The molecule has 0 saturated carbocycles. The van der Waals surface area contributed by atoms with E-state index < -0.39 is 0 Å². The zero-order chi connectivity index (χ0) is 16.7. The lowest BCUT2D eigenvalue weighted by Crippen LogP contribution is -2.31. The average Bonchev–Trinajstić information content (AvgIpc) is 2.91. The van der Waals surface area contributed by atoms with Crippen molar-refractivity contribution in [2.24, 2.45) is 0 Å². The molecule has 0 atom stereocenters. The summed E-state index contributed by atoms with van der Waals surface area (Å²) < 4.78 is 1.94. The van der Waals surface area contributed by atoms with Crippen LogP contribution in [0.4, 0.5) is 0 Å². The number of benzene rings is 1. The first-order valence-electron chi connectivity index (χ1n) is 8.13. The Hall–Kier alpha value is -2.14. The van der Waals surface area contributed by atoms with Crippen molar-refractivity contribution in [3.8, 4) is 0 Å². The third kappa shape index (κ3) is 4.93. The number of hydrogen-bond acceptors (Lipinski definition) is 3. The Morgan fingerprint density at radius 2 is 2.00 bits per heavy atom. The molecule has 0 aliphatic carbocycles. The zero-order valence-corrected chi connectivity index (χ0v) is 14.2. The van der Waals surface area contributed by atoms with Crippen molar-refractivity contribution in [2.75, 3.05) is 27.2 Å². The largest absolute Gasteiger partial charge is 0.351 e. The first-order valence-corrected chi connectivity index (χ1v) is 8.13. The van der Waals surface area contributed by atoms with E-state index in [-0.39, 0.29) is 5.91 Å². The second-order valence-corrected chi connectivity index (χ2v) is 5.96. The van der Waals surface area contributed by atoms with E-state index in [0.717, 1.165) is 25.1 Å². The monoisotopic (exact) mass is 314 g/mol. The van der Waals surface area contributed by atoms with Gasteiger partial charge < -0.3 is 10.2 Å². The van der Waals surface area contributed by atoms with Crippen LogP contribution < -0.4 is 5.32 Å². The van der Waals surface area contributed by atoms with Crippen molar-refractivity contribution >= 4 is 5.91 Å². The van der Waals surface area contributed by atoms with Crippen molar-refractivity contribution in [3.63, 3.8) is 0 Å². The minimum Gasteiger partial charge on any atom is -0.351 e. The van der Waals surface area contributed by atoms with Crippen molar-refractivity contribution < 1.29 is 4.79 Å². The van der Waals surface area contributed by atoms with Crippen molar-refractivity contribution in [3.05, 3.63) is 53.3 Å². The van der Waals surface area contributed by atoms with Crippen molar-refractivity contribution in [1.29, 1.82) is 0 Å². The van der Waals surface area contributed by atoms with Crippen molar-refractivity contribution in [1.82, 2.24) is 20.0 Å². The molecule has 0 aliphatic rings. The SMILES string of the molecule is CCCc1c(C(=O)NCCN(C)C)cnn1Cc1ccccc1. The summed E-state index contributed by atoms with van der Waals surface area (Å²) in [4.78, 5) is 14.5. The van der Waals surface area contributed by atoms with Crippen LogP contribution in [0.15, 0.2) is 36.5 Å². The van der Waals surface area contributed by atoms with Crippen LogP contribution in [0, 0.1) is 0 Å². The fourth-order valence-electron chi connectivity index (χ4n) is 2.48. The molecule has 5 heteroatoms. The Balaban J connectivity index is 2.12. The first-order chi connectivity index (χ1) is 11.1. The lowest BCUT2D eigenvalue weighted by atomic mass is 10.1. The Morgan fingerprint density at radius 1 is 1.26 bits per heavy atom. The van der Waals surface area contributed by atoms with E-state index in [9.17, 15) is 4.79 Å². The fraction of sp³-hybridized carbons (Fsp3) is 0.444. The standard InChI is InChI=1S/C18H26N4O/c1-4-8-17-16(18(23)19-11-12-21(2)3)13-20-22(17)14-15-9-6-5-7-10-15/h5-7,9-10,13H,4,8,11-12,14H2,1-3H3,(H,19,23). The van der Waals surface area contributed by atoms with Gasteiger partial charge in [0.25, 0.3) is 5.91 Å². The minimum atomic E-state index is -0.0328. The smallest absolute Gasteiger partial charge is 0.254 e. The van der Waals surface area contributed by atoms with Gasteiger partial charge >= 0.3 is 0 Å². The van der Waals surface area contributed by atoms with Gasteiger partial charge in [-0.05, 0) is 26.1 Å². The van der Waals surface area contributed by atoms with Crippen LogP contribution in [0.3, 0.4) is 0 Å². The number of nitrogens with one attached hydrogen (secondary N) is 1. The van der Waals surface area contributed by atoms with Gasteiger partial charge in [0.1, 0.15) is 0 Å². The molecule has 2 aromatic rings. The van der Waals surface area contributed by atoms with E-state index >= 15 is 0 Å². The molecular formula is C18H26N4O. The van der Waals surface area contributed by atoms with Gasteiger partial charge in [0.15, 0.2) is 0 Å². The molecule has 1 amide bonds. The second kappa shape index (κ2) is 8.48. The van der Waals surface area contributed by atoms with Crippen molar-refractivity contribution in [2.45, 2.75) is 26.3 Å². The molecule has 0 unspecified atom stereocenters. The maximum absolute atomic E-state index is 12.4. The predicted molar refractivity (Wildman–Crippen MR) is 92.7 cm³/mol. The maximum atomic E-state index is 12.4. The highest BCUT2D eigenvalue weighted by atomic mass is 16.1. The number of likely N-dealkylation sites (N-methyl/N-ethyl adjacent to an activating group) is 1. The van der Waals surface area contributed by atoms with E-state index in [1.807, 2.05) is 41.9 Å². The highest BCUT2D eigenvalue weighted by Crippen LogP contribution is 2.13. The summed E-state index contributed by atoms with van der Waals surface area (Å²) in [5, 5.41) is 7.41. The molecule has 0 spiro atoms. The van der Waals surface area contributed by atoms with Gasteiger partial charge in [-0.15, -0.1) is 0 Å². The van der Waals surface area contributed by atoms with Gasteiger partial charge in [-0.2, -0.15) is 5.10 Å². The molecule has 1 aromatic heterocycles. The highest BCUT2D eigenvalue weighted by molar-refractivity contribution is 5.95. The predicted octanol–water partition coefficient (Wildman–Crippen LogP) is 2.18. The molecule has 0 saturated heterocycles. The summed E-state index contributed by atoms with van der Waals surface area (Å²) in [6.45, 7) is 4.28. The van der Waals surface area contributed by atoms with Gasteiger partial charge in [-0.25, -0.2) is 0 Å². The molecular weight excluding hydrogens is 288 g/mol. The molecule has 0 fully saturated rings. The Labute approximate surface area is 138 Å². The van der Waals surface area contributed by atoms with Gasteiger partial charge in [-0.3, -0.25) is 9.48 Å². The summed E-state index contributed by atoms with van der Waals surface area (Å²) in [7, 11) is 3.99. The van der Waals surface area contributed by atoms with Gasteiger partial charge in [0, 0.05) is 13.1 Å². The van der Waals surface area contributed by atoms with E-state index in [0.29, 0.717) is 18.7 Å². The lowest BCUT2D eigenvalue weighted by molar-refractivity contribution is 0.0950. The van der Waals surface area contributed by atoms with Gasteiger partial charge in [0.05, 0.1) is 24.0 Å². The number of amides is 1. The van der Waals surface area contributed by atoms with Gasteiger partial charge in [-0.1, -0.05) is 43.7 Å². The number of rotatable bonds is 8. The molecule has 2 rings (SSSR count). The number of nitrogens with zero attached hydrogens (tertiary/aromatic N) is 3. The topological polar surface area (TPSA) is 50.2 Å². The Bertz CT molecular complexity index is 619. The van der Waals surface area contributed by atoms with Crippen LogP contribution in [-0.4, -0.2) is 47.8 Å². The van der Waals surface area contributed by atoms with Crippen LogP contribution in [-0.2, 0) is 13.0 Å². The second-order valence-electron chi connectivity index (χ2n) is 5.96. The average molecular weight is 314 g/mol. The molecule has 0 aliphatic heterocycles. The van der Waals surface area contributed by atoms with Gasteiger partial charge in [0.2, 0.25) is 0 Å². The zero-order valence-electron chi connectivity index (χ0n) is 14.2. The highest BCUT2D eigenvalue weighted by Gasteiger charge is 2.16.